The van der Waals surface area contributed by atoms with Crippen LogP contribution in [0.25, 0.3) is 11.0 Å². The molecule has 1 aromatic heterocycles. The van der Waals surface area contributed by atoms with Crippen molar-refractivity contribution in [1.29, 1.82) is 0 Å². The number of hydrogen-bond acceptors (Lipinski definition) is 4. The number of para-hydroxylation sites is 2. The van der Waals surface area contributed by atoms with Crippen molar-refractivity contribution in [2.75, 3.05) is 10.6 Å². The van der Waals surface area contributed by atoms with E-state index in [1.54, 1.807) is 6.26 Å². The number of carbonyl (C=O) groups is 1. The van der Waals surface area contributed by atoms with Gasteiger partial charge in [0.1, 0.15) is 5.69 Å². The van der Waals surface area contributed by atoms with E-state index >= 15 is 0 Å². The number of furan rings is 1. The van der Waals surface area contributed by atoms with Gasteiger partial charge in [0.25, 0.3) is 0 Å². The van der Waals surface area contributed by atoms with Crippen molar-refractivity contribution in [3.05, 3.63) is 82.1 Å². The van der Waals surface area contributed by atoms with Gasteiger partial charge in [0, 0.05) is 28.7 Å². The largest absolute Gasteiger partial charge is 0.462 e. The molecular weight excluding hydrogens is 396 g/mol. The Balaban J connectivity index is 1.80. The van der Waals surface area contributed by atoms with Crippen molar-refractivity contribution in [2.45, 2.75) is 47.0 Å². The van der Waals surface area contributed by atoms with Crippen LogP contribution in [0, 0.1) is 27.7 Å². The fraction of sp³-hybridized carbons (Fsp3) is 0.250. The van der Waals surface area contributed by atoms with E-state index in [1.165, 1.54) is 11.1 Å². The van der Waals surface area contributed by atoms with E-state index in [-0.39, 0.29) is 5.78 Å². The third kappa shape index (κ3) is 3.27. The number of fused-ring (bicyclic) bond motifs is 3. The Kier molecular flexibility index (Phi) is 5.01. The molecule has 1 aliphatic rings. The van der Waals surface area contributed by atoms with Crippen LogP contribution in [-0.2, 0) is 6.42 Å². The molecule has 0 fully saturated rings. The third-order valence-electron chi connectivity index (χ3n) is 6.59. The number of hydrogen-bond donors (Lipinski definition) is 2. The maximum Gasteiger partial charge on any atom is 0.163 e. The van der Waals surface area contributed by atoms with Crippen LogP contribution in [-0.4, -0.2) is 5.78 Å². The van der Waals surface area contributed by atoms with Crippen molar-refractivity contribution in [1.82, 2.24) is 0 Å². The summed E-state index contributed by atoms with van der Waals surface area (Å²) in [5, 5.41) is 8.31. The summed E-state index contributed by atoms with van der Waals surface area (Å²) < 4.78 is 6.00. The second kappa shape index (κ2) is 7.86. The molecule has 0 saturated heterocycles. The first kappa shape index (κ1) is 20.4. The molecule has 0 spiro atoms. The van der Waals surface area contributed by atoms with Crippen molar-refractivity contribution in [3.63, 3.8) is 0 Å². The Morgan fingerprint density at radius 3 is 1.88 bits per heavy atom. The van der Waals surface area contributed by atoms with Gasteiger partial charge in [-0.05, 0) is 74.4 Å². The number of anilines is 4. The SMILES string of the molecule is Cc1cccc(C)c1Nc1c2c(c3ccoc3c1Nc1c(C)cccc1C)C(=O)CCC2. The highest BCUT2D eigenvalue weighted by atomic mass is 16.3. The standard InChI is InChI=1S/C28H28N2O2/c1-16-8-5-9-17(2)24(16)29-26-20-12-7-13-22(31)23(20)21-14-15-32-28(21)27(26)30-25-18(3)10-6-11-19(25)4/h5-6,8-11,14-15,29-30H,7,12-13H2,1-4H3. The Morgan fingerprint density at radius 2 is 1.28 bits per heavy atom. The summed E-state index contributed by atoms with van der Waals surface area (Å²) >= 11 is 0. The lowest BCUT2D eigenvalue weighted by atomic mass is 9.86. The van der Waals surface area contributed by atoms with Crippen molar-refractivity contribution < 1.29 is 9.21 Å². The highest BCUT2D eigenvalue weighted by Crippen LogP contribution is 2.45. The van der Waals surface area contributed by atoms with Gasteiger partial charge >= 0.3 is 0 Å². The van der Waals surface area contributed by atoms with Gasteiger partial charge in [-0.2, -0.15) is 0 Å². The predicted molar refractivity (Wildman–Crippen MR) is 132 cm³/mol. The summed E-state index contributed by atoms with van der Waals surface area (Å²) in [5.41, 5.74) is 11.2. The summed E-state index contributed by atoms with van der Waals surface area (Å²) in [6.45, 7) is 8.43. The Hall–Kier alpha value is -3.53. The monoisotopic (exact) mass is 424 g/mol. The molecule has 2 N–H and O–H groups in total. The van der Waals surface area contributed by atoms with E-state index in [1.807, 2.05) is 6.07 Å². The van der Waals surface area contributed by atoms with E-state index in [0.29, 0.717) is 6.42 Å². The lowest BCUT2D eigenvalue weighted by Gasteiger charge is -2.26. The van der Waals surface area contributed by atoms with Crippen LogP contribution >= 0.6 is 0 Å². The minimum Gasteiger partial charge on any atom is -0.462 e. The molecule has 1 aliphatic carbocycles. The highest BCUT2D eigenvalue weighted by molar-refractivity contribution is 6.16. The molecule has 3 aromatic carbocycles. The van der Waals surface area contributed by atoms with Gasteiger partial charge in [0.2, 0.25) is 0 Å². The van der Waals surface area contributed by atoms with Gasteiger partial charge in [-0.1, -0.05) is 36.4 Å². The van der Waals surface area contributed by atoms with Crippen LogP contribution in [0.3, 0.4) is 0 Å². The molecule has 4 aromatic rings. The number of carbonyl (C=O) groups excluding carboxylic acids is 1. The van der Waals surface area contributed by atoms with E-state index in [9.17, 15) is 4.79 Å². The summed E-state index contributed by atoms with van der Waals surface area (Å²) in [5.74, 6) is 0.195. The molecular formula is C28H28N2O2. The van der Waals surface area contributed by atoms with Gasteiger partial charge in [-0.25, -0.2) is 0 Å². The zero-order valence-corrected chi connectivity index (χ0v) is 19.1. The number of nitrogens with one attached hydrogen (secondary N) is 2. The molecule has 1 heterocycles. The number of rotatable bonds is 4. The average Bonchev–Trinajstić information content (AvgIpc) is 3.24. The van der Waals surface area contributed by atoms with Crippen LogP contribution in [0.2, 0.25) is 0 Å². The smallest absolute Gasteiger partial charge is 0.163 e. The predicted octanol–water partition coefficient (Wildman–Crippen LogP) is 7.67. The molecule has 0 aliphatic heterocycles. The second-order valence-electron chi connectivity index (χ2n) is 8.83. The average molecular weight is 425 g/mol. The van der Waals surface area contributed by atoms with Crippen LogP contribution in [0.5, 0.6) is 0 Å². The number of ketones is 1. The summed E-state index contributed by atoms with van der Waals surface area (Å²) in [6, 6.07) is 14.5. The zero-order valence-electron chi connectivity index (χ0n) is 19.1. The van der Waals surface area contributed by atoms with Gasteiger partial charge < -0.3 is 15.1 Å². The van der Waals surface area contributed by atoms with Crippen LogP contribution in [0.4, 0.5) is 22.7 Å². The van der Waals surface area contributed by atoms with Gasteiger partial charge in [-0.3, -0.25) is 4.79 Å². The van der Waals surface area contributed by atoms with Crippen LogP contribution in [0.15, 0.2) is 53.1 Å². The Labute approximate surface area is 188 Å². The van der Waals surface area contributed by atoms with E-state index < -0.39 is 0 Å². The fourth-order valence-corrected chi connectivity index (χ4v) is 4.90. The van der Waals surface area contributed by atoms with Gasteiger partial charge in [0.05, 0.1) is 12.0 Å². The molecule has 0 saturated carbocycles. The van der Waals surface area contributed by atoms with Crippen LogP contribution < -0.4 is 10.6 Å². The van der Waals surface area contributed by atoms with E-state index in [4.69, 9.17) is 4.42 Å². The summed E-state index contributed by atoms with van der Waals surface area (Å²) in [6.07, 6.45) is 3.99. The number of benzene rings is 3. The highest BCUT2D eigenvalue weighted by Gasteiger charge is 2.29. The van der Waals surface area contributed by atoms with E-state index in [0.717, 1.165) is 68.8 Å². The van der Waals surface area contributed by atoms with Crippen LogP contribution in [0.1, 0.15) is 51.0 Å². The maximum atomic E-state index is 13.0. The molecule has 162 valence electrons. The minimum absolute atomic E-state index is 0.195. The lowest BCUT2D eigenvalue weighted by molar-refractivity contribution is 0.0974. The first-order chi connectivity index (χ1) is 15.5. The van der Waals surface area contributed by atoms with Crippen molar-refractivity contribution in [2.24, 2.45) is 0 Å². The molecule has 0 bridgehead atoms. The lowest BCUT2D eigenvalue weighted by Crippen LogP contribution is -2.15. The number of Topliss-reactive ketones (excluding diaryl/α,β-unsaturated/α-hetero) is 1. The molecule has 5 rings (SSSR count). The number of aryl methyl sites for hydroxylation is 4. The van der Waals surface area contributed by atoms with E-state index in [2.05, 4.69) is 74.7 Å². The topological polar surface area (TPSA) is 54.3 Å². The minimum atomic E-state index is 0.195. The molecule has 0 atom stereocenters. The van der Waals surface area contributed by atoms with Crippen molar-refractivity contribution >= 4 is 39.5 Å². The van der Waals surface area contributed by atoms with Crippen molar-refractivity contribution in [3.8, 4) is 0 Å². The summed E-state index contributed by atoms with van der Waals surface area (Å²) in [4.78, 5) is 13.0. The first-order valence-electron chi connectivity index (χ1n) is 11.2. The van der Waals surface area contributed by atoms with Gasteiger partial charge in [0.15, 0.2) is 11.4 Å². The Bertz CT molecular complexity index is 1320. The molecule has 4 heteroatoms. The molecule has 0 amide bonds. The summed E-state index contributed by atoms with van der Waals surface area (Å²) in [7, 11) is 0. The normalized spacial score (nSPS) is 13.3. The molecule has 4 nitrogen and oxygen atoms in total. The molecule has 0 radical (unpaired) electrons. The zero-order chi connectivity index (χ0) is 22.4. The first-order valence-corrected chi connectivity index (χ1v) is 11.2. The Morgan fingerprint density at radius 1 is 0.719 bits per heavy atom. The molecule has 0 unspecified atom stereocenters. The maximum absolute atomic E-state index is 13.0. The van der Waals surface area contributed by atoms with Gasteiger partial charge in [-0.15, -0.1) is 0 Å². The second-order valence-corrected chi connectivity index (χ2v) is 8.83. The quantitative estimate of drug-likeness (QED) is 0.330. The third-order valence-corrected chi connectivity index (χ3v) is 6.59. The fourth-order valence-electron chi connectivity index (χ4n) is 4.90. The molecule has 32 heavy (non-hydrogen) atoms.